The Morgan fingerprint density at radius 2 is 2.33 bits per heavy atom. The van der Waals surface area contributed by atoms with E-state index in [2.05, 4.69) is 15.2 Å². The number of nitrogens with one attached hydrogen (secondary N) is 1. The Labute approximate surface area is 161 Å². The Balaban J connectivity index is 0.00000288. The van der Waals surface area contributed by atoms with E-state index in [0.717, 1.165) is 45.2 Å². The number of nitrogens with zero attached hydrogens (tertiary/aromatic N) is 2. The monoisotopic (exact) mass is 451 g/mol. The fourth-order valence-corrected chi connectivity index (χ4v) is 2.76. The molecule has 1 fully saturated rings. The molecule has 2 heterocycles. The van der Waals surface area contributed by atoms with Crippen molar-refractivity contribution in [3.63, 3.8) is 0 Å². The second-order valence-electron chi connectivity index (χ2n) is 6.18. The van der Waals surface area contributed by atoms with Gasteiger partial charge in [0, 0.05) is 32.2 Å². The average molecular weight is 451 g/mol. The molecule has 2 atom stereocenters. The van der Waals surface area contributed by atoms with Gasteiger partial charge in [-0.2, -0.15) is 0 Å². The van der Waals surface area contributed by atoms with Crippen molar-refractivity contribution in [3.8, 4) is 0 Å². The van der Waals surface area contributed by atoms with Crippen molar-refractivity contribution >= 4 is 29.9 Å². The maximum atomic E-state index is 10.5. The highest BCUT2D eigenvalue weighted by Crippen LogP contribution is 2.22. The molecule has 1 saturated heterocycles. The molecular weight excluding hydrogens is 421 g/mol. The zero-order valence-electron chi connectivity index (χ0n) is 14.8. The number of aliphatic imine (C=N–C) groups is 1. The Bertz CT molecular complexity index is 491. The number of ether oxygens (including phenoxy) is 1. The third-order valence-corrected chi connectivity index (χ3v) is 4.07. The second kappa shape index (κ2) is 10.2. The van der Waals surface area contributed by atoms with Gasteiger partial charge in [-0.15, -0.1) is 24.0 Å². The van der Waals surface area contributed by atoms with Crippen molar-refractivity contribution in [2.45, 2.75) is 32.8 Å². The number of rotatable bonds is 7. The molecule has 1 aliphatic heterocycles. The number of guanidine groups is 1. The zero-order valence-corrected chi connectivity index (χ0v) is 17.2. The largest absolute Gasteiger partial charge is 0.466 e. The molecule has 1 aromatic rings. The van der Waals surface area contributed by atoms with Crippen LogP contribution in [0.4, 0.5) is 0 Å². The molecule has 0 radical (unpaired) electrons. The highest BCUT2D eigenvalue weighted by Gasteiger charge is 2.28. The van der Waals surface area contributed by atoms with E-state index in [0.29, 0.717) is 11.7 Å². The number of halogens is 1. The first-order valence-corrected chi connectivity index (χ1v) is 8.44. The fraction of sp³-hybridized carbons (Fsp3) is 0.706. The molecular formula is C17H30IN3O3. The standard InChI is InChI=1S/C17H29N3O3.HI/c1-4-18-16(20-9-8-14(11-20)12-22-5-2)19-13-17(3,21)15-7-6-10-23-15;/h6-7,10,14,21H,4-5,8-9,11-13H2,1-3H3,(H,18,19);1H. The summed E-state index contributed by atoms with van der Waals surface area (Å²) in [6.45, 7) is 10.3. The van der Waals surface area contributed by atoms with Crippen molar-refractivity contribution < 1.29 is 14.3 Å². The van der Waals surface area contributed by atoms with Crippen LogP contribution in [0.2, 0.25) is 0 Å². The van der Waals surface area contributed by atoms with Crippen molar-refractivity contribution in [2.75, 3.05) is 39.4 Å². The summed E-state index contributed by atoms with van der Waals surface area (Å²) in [6.07, 6.45) is 2.68. The Morgan fingerprint density at radius 1 is 1.54 bits per heavy atom. The van der Waals surface area contributed by atoms with E-state index in [1.165, 1.54) is 0 Å². The van der Waals surface area contributed by atoms with Crippen molar-refractivity contribution in [3.05, 3.63) is 24.2 Å². The first-order chi connectivity index (χ1) is 11.1. The predicted molar refractivity (Wildman–Crippen MR) is 106 cm³/mol. The van der Waals surface area contributed by atoms with Gasteiger partial charge in [0.2, 0.25) is 0 Å². The normalized spacial score (nSPS) is 20.6. The molecule has 0 aliphatic carbocycles. The minimum absolute atomic E-state index is 0. The predicted octanol–water partition coefficient (Wildman–Crippen LogP) is 2.43. The van der Waals surface area contributed by atoms with Gasteiger partial charge in [-0.1, -0.05) is 0 Å². The van der Waals surface area contributed by atoms with Gasteiger partial charge in [0.15, 0.2) is 5.96 Å². The van der Waals surface area contributed by atoms with E-state index in [9.17, 15) is 5.11 Å². The molecule has 138 valence electrons. The van der Waals surface area contributed by atoms with Crippen molar-refractivity contribution in [1.82, 2.24) is 10.2 Å². The van der Waals surface area contributed by atoms with Crippen molar-refractivity contribution in [1.29, 1.82) is 0 Å². The van der Waals surface area contributed by atoms with Gasteiger partial charge in [0.05, 0.1) is 19.4 Å². The maximum Gasteiger partial charge on any atom is 0.194 e. The number of hydrogen-bond acceptors (Lipinski definition) is 4. The Hall–Kier alpha value is -0.800. The summed E-state index contributed by atoms with van der Waals surface area (Å²) in [5.74, 6) is 1.93. The summed E-state index contributed by atoms with van der Waals surface area (Å²) in [6, 6.07) is 3.55. The minimum atomic E-state index is -1.10. The fourth-order valence-electron chi connectivity index (χ4n) is 2.76. The lowest BCUT2D eigenvalue weighted by Gasteiger charge is -2.24. The molecule has 2 rings (SSSR count). The summed E-state index contributed by atoms with van der Waals surface area (Å²) in [7, 11) is 0. The lowest BCUT2D eigenvalue weighted by Crippen LogP contribution is -2.41. The van der Waals surface area contributed by atoms with Crippen LogP contribution in [-0.4, -0.2) is 55.4 Å². The lowest BCUT2D eigenvalue weighted by molar-refractivity contribution is 0.0434. The molecule has 1 aromatic heterocycles. The maximum absolute atomic E-state index is 10.5. The van der Waals surface area contributed by atoms with Gasteiger partial charge in [0.25, 0.3) is 0 Å². The molecule has 0 saturated carbocycles. The van der Waals surface area contributed by atoms with Gasteiger partial charge in [-0.3, -0.25) is 0 Å². The van der Waals surface area contributed by atoms with Gasteiger partial charge in [-0.25, -0.2) is 4.99 Å². The first kappa shape index (κ1) is 21.2. The van der Waals surface area contributed by atoms with E-state index >= 15 is 0 Å². The van der Waals surface area contributed by atoms with E-state index < -0.39 is 5.60 Å². The summed E-state index contributed by atoms with van der Waals surface area (Å²) >= 11 is 0. The highest BCUT2D eigenvalue weighted by atomic mass is 127. The van der Waals surface area contributed by atoms with Gasteiger partial charge < -0.3 is 24.5 Å². The molecule has 2 unspecified atom stereocenters. The van der Waals surface area contributed by atoms with E-state index in [1.807, 2.05) is 13.8 Å². The third-order valence-electron chi connectivity index (χ3n) is 4.07. The number of likely N-dealkylation sites (tertiary alicyclic amines) is 1. The van der Waals surface area contributed by atoms with E-state index in [4.69, 9.17) is 9.15 Å². The summed E-state index contributed by atoms with van der Waals surface area (Å²) < 4.78 is 10.8. The van der Waals surface area contributed by atoms with Crippen LogP contribution in [0.3, 0.4) is 0 Å². The minimum Gasteiger partial charge on any atom is -0.466 e. The van der Waals surface area contributed by atoms with Crippen LogP contribution in [-0.2, 0) is 10.3 Å². The van der Waals surface area contributed by atoms with Crippen LogP contribution >= 0.6 is 24.0 Å². The molecule has 0 aromatic carbocycles. The zero-order chi connectivity index (χ0) is 16.7. The Kier molecular flexibility index (Phi) is 9.07. The topological polar surface area (TPSA) is 70.2 Å². The first-order valence-electron chi connectivity index (χ1n) is 8.44. The van der Waals surface area contributed by atoms with Crippen LogP contribution in [0.1, 0.15) is 33.0 Å². The van der Waals surface area contributed by atoms with Crippen LogP contribution in [0.15, 0.2) is 27.8 Å². The van der Waals surface area contributed by atoms with Gasteiger partial charge in [-0.05, 0) is 39.3 Å². The molecule has 0 spiro atoms. The quantitative estimate of drug-likeness (QED) is 0.379. The summed E-state index contributed by atoms with van der Waals surface area (Å²) in [5, 5.41) is 13.8. The number of aliphatic hydroxyl groups is 1. The summed E-state index contributed by atoms with van der Waals surface area (Å²) in [4.78, 5) is 6.86. The molecule has 0 bridgehead atoms. The SMILES string of the molecule is CCNC(=NCC(C)(O)c1ccco1)N1CCC(COCC)C1.I. The molecule has 24 heavy (non-hydrogen) atoms. The second-order valence-corrected chi connectivity index (χ2v) is 6.18. The molecule has 6 nitrogen and oxygen atoms in total. The average Bonchev–Trinajstić information content (AvgIpc) is 3.20. The van der Waals surface area contributed by atoms with Crippen LogP contribution < -0.4 is 5.32 Å². The molecule has 7 heteroatoms. The molecule has 2 N–H and O–H groups in total. The third kappa shape index (κ3) is 5.93. The number of hydrogen-bond donors (Lipinski definition) is 2. The number of furan rings is 1. The molecule has 0 amide bonds. The van der Waals surface area contributed by atoms with E-state index in [-0.39, 0.29) is 30.5 Å². The smallest absolute Gasteiger partial charge is 0.194 e. The lowest BCUT2D eigenvalue weighted by atomic mass is 10.0. The highest BCUT2D eigenvalue weighted by molar-refractivity contribution is 14.0. The van der Waals surface area contributed by atoms with Crippen LogP contribution in [0, 0.1) is 5.92 Å². The summed E-state index contributed by atoms with van der Waals surface area (Å²) in [5.41, 5.74) is -1.10. The van der Waals surface area contributed by atoms with Gasteiger partial charge >= 0.3 is 0 Å². The molecule has 1 aliphatic rings. The Morgan fingerprint density at radius 3 is 2.96 bits per heavy atom. The van der Waals surface area contributed by atoms with E-state index in [1.54, 1.807) is 25.3 Å². The van der Waals surface area contributed by atoms with Crippen LogP contribution in [0.5, 0.6) is 0 Å². The van der Waals surface area contributed by atoms with Crippen LogP contribution in [0.25, 0.3) is 0 Å². The van der Waals surface area contributed by atoms with Crippen molar-refractivity contribution in [2.24, 2.45) is 10.9 Å². The van der Waals surface area contributed by atoms with Gasteiger partial charge in [0.1, 0.15) is 11.4 Å².